The Morgan fingerprint density at radius 2 is 0.768 bits per heavy atom. The highest BCUT2D eigenvalue weighted by molar-refractivity contribution is 6.01. The molecule has 0 spiro atoms. The number of aromatic amines is 5. The van der Waals surface area contributed by atoms with E-state index >= 15 is 0 Å². The van der Waals surface area contributed by atoms with Crippen LogP contribution in [-0.4, -0.2) is 95.0 Å². The van der Waals surface area contributed by atoms with E-state index in [4.69, 9.17) is 18.1 Å². The Labute approximate surface area is 626 Å². The highest BCUT2D eigenvalue weighted by Crippen LogP contribution is 2.44. The fraction of sp³-hybridized carbons (Fsp3) is 0.0843. The van der Waals surface area contributed by atoms with Crippen LogP contribution in [0.2, 0.25) is 0 Å². The smallest absolute Gasteiger partial charge is 0.247 e. The van der Waals surface area contributed by atoms with Gasteiger partial charge in [-0.25, -0.2) is 60.0 Å². The number of likely N-dealkylation sites (tertiary alicyclic amines) is 1. The summed E-state index contributed by atoms with van der Waals surface area (Å²) in [7, 11) is 0. The summed E-state index contributed by atoms with van der Waals surface area (Å²) in [6.07, 6.45) is 26.1. The van der Waals surface area contributed by atoms with Gasteiger partial charge in [0, 0.05) is 151 Å². The van der Waals surface area contributed by atoms with E-state index in [2.05, 4.69) is 94.9 Å². The van der Waals surface area contributed by atoms with Crippen LogP contribution in [0.5, 0.6) is 0 Å². The Balaban J connectivity index is 0.000000113. The van der Waals surface area contributed by atoms with Crippen molar-refractivity contribution in [3.63, 3.8) is 0 Å². The van der Waals surface area contributed by atoms with E-state index in [1.54, 1.807) is 67.8 Å². The second kappa shape index (κ2) is 30.7. The summed E-state index contributed by atoms with van der Waals surface area (Å²) in [5.74, 6) is -6.34. The fourth-order valence-electron chi connectivity index (χ4n) is 13.5. The normalized spacial score (nSPS) is 12.4. The quantitative estimate of drug-likeness (QED) is 0.0530. The average molecular weight is 1510 g/mol. The van der Waals surface area contributed by atoms with Crippen LogP contribution in [0.3, 0.4) is 0 Å². The van der Waals surface area contributed by atoms with Crippen molar-refractivity contribution >= 4 is 50.2 Å². The summed E-state index contributed by atoms with van der Waals surface area (Å²) in [4.78, 5) is 50.0. The molecule has 1 aliphatic rings. The summed E-state index contributed by atoms with van der Waals surface area (Å²) in [6.45, 7) is 9.17. The topological polar surface area (TPSA) is 268 Å². The Morgan fingerprint density at radius 3 is 1.15 bits per heavy atom. The number of piperidine rings is 1. The second-order valence-corrected chi connectivity index (χ2v) is 25.8. The van der Waals surface area contributed by atoms with Crippen molar-refractivity contribution in [1.29, 1.82) is 0 Å². The van der Waals surface area contributed by atoms with Crippen molar-refractivity contribution in [3.05, 3.63) is 289 Å². The van der Waals surface area contributed by atoms with Crippen molar-refractivity contribution in [2.75, 3.05) is 19.6 Å². The monoisotopic (exact) mass is 1510 g/mol. The van der Waals surface area contributed by atoms with Crippen LogP contribution in [0.25, 0.3) is 162 Å². The first-order valence-electron chi connectivity index (χ1n) is 34.7. The summed E-state index contributed by atoms with van der Waals surface area (Å²) in [5, 5.41) is 18.2. The van der Waals surface area contributed by atoms with Gasteiger partial charge in [0.2, 0.25) is 11.5 Å². The molecule has 0 aliphatic carbocycles. The lowest BCUT2D eigenvalue weighted by atomic mass is 9.89. The molecular weight excluding hydrogens is 1460 g/mol. The predicted octanol–water partition coefficient (Wildman–Crippen LogP) is 20.1. The van der Waals surface area contributed by atoms with Crippen LogP contribution in [0.4, 0.5) is 39.5 Å². The Bertz CT molecular complexity index is 6560. The lowest BCUT2D eigenvalue weighted by Gasteiger charge is -2.31. The molecule has 0 atom stereocenters. The molecule has 29 heteroatoms. The number of hydrogen-bond donors (Lipinski definition) is 5. The third-order valence-corrected chi connectivity index (χ3v) is 19.3. The van der Waals surface area contributed by atoms with Crippen molar-refractivity contribution in [1.82, 2.24) is 75.4 Å². The summed E-state index contributed by atoms with van der Waals surface area (Å²) < 4.78 is 147. The molecule has 5 N–H and O–H groups in total. The third kappa shape index (κ3) is 14.0. The van der Waals surface area contributed by atoms with Crippen molar-refractivity contribution in [2.24, 2.45) is 0 Å². The number of halogens is 9. The minimum Gasteiger partial charge on any atom is -0.356 e. The molecule has 112 heavy (non-hydrogen) atoms. The molecule has 4 aromatic carbocycles. The molecule has 20 nitrogen and oxygen atoms in total. The fourth-order valence-corrected chi connectivity index (χ4v) is 13.5. The van der Waals surface area contributed by atoms with Crippen molar-refractivity contribution < 1.29 is 57.6 Å². The van der Waals surface area contributed by atoms with Crippen molar-refractivity contribution in [3.8, 4) is 112 Å². The van der Waals surface area contributed by atoms with Crippen LogP contribution >= 0.6 is 0 Å². The number of hydrogen-bond acceptors (Lipinski definition) is 15. The summed E-state index contributed by atoms with van der Waals surface area (Å²) >= 11 is 0. The van der Waals surface area contributed by atoms with Crippen LogP contribution in [0.15, 0.2) is 238 Å². The minimum atomic E-state index is -0.979. The van der Waals surface area contributed by atoms with Crippen LogP contribution in [0.1, 0.15) is 36.8 Å². The van der Waals surface area contributed by atoms with E-state index in [1.165, 1.54) is 97.2 Å². The number of aromatic nitrogens is 14. The number of pyridine rings is 6. The molecule has 1 saturated heterocycles. The number of fused-ring (bicyclic) bond motifs is 4. The molecule has 18 aromatic rings. The van der Waals surface area contributed by atoms with Gasteiger partial charge < -0.3 is 47.9 Å². The van der Waals surface area contributed by atoms with Crippen LogP contribution in [0, 0.1) is 52.5 Å². The number of rotatable bonds is 13. The largest absolute Gasteiger partial charge is 0.356 e. The Kier molecular flexibility index (Phi) is 19.7. The minimum absolute atomic E-state index is 0.0439. The highest BCUT2D eigenvalue weighted by Gasteiger charge is 2.28. The van der Waals surface area contributed by atoms with Gasteiger partial charge in [-0.1, -0.05) is 88.7 Å². The molecule has 0 bridgehead atoms. The zero-order valence-electron chi connectivity index (χ0n) is 58.4. The van der Waals surface area contributed by atoms with Crippen molar-refractivity contribution in [2.45, 2.75) is 25.7 Å². The Hall–Kier alpha value is -14.4. The highest BCUT2D eigenvalue weighted by atomic mass is 19.2. The average Bonchev–Trinajstić information content (AvgIpc) is 1.63. The SMILES string of the molecule is C=Cc1cnc2[nH]cc(-c3oncc3-c3cccc(F)c3F)c2c1.CCN1CCC(c2cnc3[nH]cc(-c4oncc4-c4cccc(F)c4F)c3c2)CC1.Fc1ccc(-c2cnc3[nH]cc(-c4oncc4-c4cccc(F)c4F)c3c2)cn1.O=c1ccc(-c2cnc3[nH]cc(-c4oncc4-c4cccc(F)c4F)c3c2)c[nH]1. The number of nitrogens with zero attached hydrogens (tertiary/aromatic N) is 10. The molecule has 0 radical (unpaired) electrons. The summed E-state index contributed by atoms with van der Waals surface area (Å²) in [5.41, 5.74) is 11.6. The van der Waals surface area contributed by atoms with Gasteiger partial charge in [0.1, 0.15) is 22.6 Å². The zero-order chi connectivity index (χ0) is 77.3. The van der Waals surface area contributed by atoms with Gasteiger partial charge in [0.25, 0.3) is 0 Å². The molecule has 14 aromatic heterocycles. The van der Waals surface area contributed by atoms with Gasteiger partial charge in [0.05, 0.1) is 47.0 Å². The van der Waals surface area contributed by atoms with Gasteiger partial charge >= 0.3 is 0 Å². The van der Waals surface area contributed by atoms with Gasteiger partial charge in [-0.15, -0.1) is 0 Å². The van der Waals surface area contributed by atoms with Gasteiger partial charge in [-0.2, -0.15) is 4.39 Å². The Morgan fingerprint density at radius 1 is 0.393 bits per heavy atom. The number of benzene rings is 4. The lowest BCUT2D eigenvalue weighted by molar-refractivity contribution is 0.222. The number of nitrogens with one attached hydrogen (secondary N) is 5. The second-order valence-electron chi connectivity index (χ2n) is 25.8. The van der Waals surface area contributed by atoms with E-state index in [1.807, 2.05) is 24.4 Å². The van der Waals surface area contributed by atoms with E-state index in [9.17, 15) is 44.3 Å². The molecule has 1 fully saturated rings. The van der Waals surface area contributed by atoms with Gasteiger partial charge in [-0.05, 0) is 122 Å². The maximum atomic E-state index is 14.4. The number of H-pyrrole nitrogens is 5. The molecule has 556 valence electrons. The lowest BCUT2D eigenvalue weighted by Crippen LogP contribution is -2.32. The molecule has 15 heterocycles. The maximum Gasteiger partial charge on any atom is 0.247 e. The molecule has 0 saturated carbocycles. The first-order chi connectivity index (χ1) is 54.6. The predicted molar refractivity (Wildman–Crippen MR) is 401 cm³/mol. The van der Waals surface area contributed by atoms with Gasteiger partial charge in [0.15, 0.2) is 69.6 Å². The molecular formula is C83H56F9N15O5. The van der Waals surface area contributed by atoms with Crippen LogP contribution < -0.4 is 5.56 Å². The third-order valence-electron chi connectivity index (χ3n) is 19.3. The molecule has 1 aliphatic heterocycles. The maximum absolute atomic E-state index is 14.4. The van der Waals surface area contributed by atoms with E-state index in [0.717, 1.165) is 95.4 Å². The first kappa shape index (κ1) is 71.9. The molecule has 19 rings (SSSR count). The van der Waals surface area contributed by atoms with E-state index < -0.39 is 52.5 Å². The molecule has 0 amide bonds. The van der Waals surface area contributed by atoms with Gasteiger partial charge in [-0.3, -0.25) is 4.79 Å². The first-order valence-corrected chi connectivity index (χ1v) is 34.7. The molecule has 0 unspecified atom stereocenters. The zero-order valence-corrected chi connectivity index (χ0v) is 58.4. The van der Waals surface area contributed by atoms with E-state index in [0.29, 0.717) is 101 Å². The summed E-state index contributed by atoms with van der Waals surface area (Å²) in [6, 6.07) is 29.6. The standard InChI is InChI=1S/C23H22F2N4O.C21H11F3N4O.C21H12F2N4O2.C18H11F2N3O/c1-2-29-8-6-14(7-9-29)15-10-17-18(12-27-23(17)26-11-15)22-19(13-28-30-22)16-4-3-5-20(24)21(16)25;22-17-3-1-2-13(19(17)24)16-10-28-29-20(16)15-9-27-21-14(15)6-12(8-26-21)11-4-5-18(23)25-7-11;22-17-3-1-2-13(19(17)23)16-10-27-29-20(16)15-9-26-21-14(15)6-12(8-25-21)11-4-5-18(28)24-7-11;1-2-10-6-12-13(8-22-18(12)21-7-10)17-14(9-23-24-17)11-4-3-5-15(19)16(11)20/h3-5,10-14H,2,6-9H2,1H3,(H,26,27);1-10H,(H,26,27);1-10H,(H,24,28)(H,25,26);2-9H,1H2,(H,21,22). The van der Waals surface area contributed by atoms with Crippen LogP contribution in [-0.2, 0) is 0 Å². The van der Waals surface area contributed by atoms with E-state index in [-0.39, 0.29) is 33.6 Å².